The summed E-state index contributed by atoms with van der Waals surface area (Å²) in [7, 11) is 0. The lowest BCUT2D eigenvalue weighted by atomic mass is 10.3. The van der Waals surface area contributed by atoms with Crippen molar-refractivity contribution in [3.05, 3.63) is 24.3 Å². The summed E-state index contributed by atoms with van der Waals surface area (Å²) in [6, 6.07) is 6.57. The Hall–Kier alpha value is -1.84. The van der Waals surface area contributed by atoms with Crippen molar-refractivity contribution in [2.75, 3.05) is 10.6 Å². The first kappa shape index (κ1) is 8.26. The normalized spacial score (nSPS) is 8.67. The molecule has 0 aliphatic carbocycles. The average Bonchev–Trinajstić information content (AvgIpc) is 2.09. The molecule has 60 valence electrons. The van der Waals surface area contributed by atoms with Crippen molar-refractivity contribution in [3.63, 3.8) is 0 Å². The van der Waals surface area contributed by atoms with Crippen LogP contribution in [0.3, 0.4) is 0 Å². The topological polar surface area (TPSA) is 58.2 Å². The van der Waals surface area contributed by atoms with Gasteiger partial charge in [0.05, 0.1) is 0 Å². The zero-order valence-electron chi connectivity index (χ0n) is 6.13. The van der Waals surface area contributed by atoms with E-state index in [1.54, 1.807) is 24.3 Å². The number of carbonyl (C=O) groups excluding carboxylic acids is 2. The predicted octanol–water partition coefficient (Wildman–Crippen LogP) is 0.645. The molecule has 0 bridgehead atoms. The second-order valence-corrected chi connectivity index (χ2v) is 2.03. The first-order valence-corrected chi connectivity index (χ1v) is 3.23. The molecule has 0 aliphatic rings. The molecule has 1 aromatic carbocycles. The summed E-state index contributed by atoms with van der Waals surface area (Å²) in [5.41, 5.74) is 1.25. The fourth-order valence-electron chi connectivity index (χ4n) is 0.755. The first-order chi connectivity index (χ1) is 5.86. The average molecular weight is 162 g/mol. The van der Waals surface area contributed by atoms with Gasteiger partial charge in [-0.2, -0.15) is 0 Å². The number of nitrogens with one attached hydrogen (secondary N) is 2. The second kappa shape index (κ2) is 4.12. The third-order valence-electron chi connectivity index (χ3n) is 1.28. The Morgan fingerprint density at radius 2 is 1.17 bits per heavy atom. The summed E-state index contributed by atoms with van der Waals surface area (Å²) in [5, 5.41) is 4.69. The van der Waals surface area contributed by atoms with Crippen LogP contribution in [0.4, 0.5) is 11.4 Å². The van der Waals surface area contributed by atoms with E-state index in [1.807, 2.05) is 0 Å². The summed E-state index contributed by atoms with van der Waals surface area (Å²) >= 11 is 0. The van der Waals surface area contributed by atoms with Crippen LogP contribution in [0.15, 0.2) is 24.3 Å². The van der Waals surface area contributed by atoms with E-state index in [0.29, 0.717) is 11.4 Å². The lowest BCUT2D eigenvalue weighted by molar-refractivity contribution is 0.560. The maximum Gasteiger partial charge on any atom is 0.314 e. The summed E-state index contributed by atoms with van der Waals surface area (Å²) in [6.45, 7) is 0. The standard InChI is InChI=1S/C8H6N2O2/c11-5-9-7-1-2-8(4-3-7)10-6-12/h1-4H,(H,9,11)(H,10,12). The fraction of sp³-hybridized carbons (Fsp3) is 0. The highest BCUT2D eigenvalue weighted by atomic mass is 16.1. The van der Waals surface area contributed by atoms with Gasteiger partial charge in [0.1, 0.15) is 0 Å². The molecule has 0 atom stereocenters. The van der Waals surface area contributed by atoms with Crippen molar-refractivity contribution in [2.45, 2.75) is 0 Å². The molecule has 0 spiro atoms. The Bertz CT molecular complexity index is 240. The van der Waals surface area contributed by atoms with Crippen LogP contribution >= 0.6 is 0 Å². The number of hydrogen-bond acceptors (Lipinski definition) is 2. The lowest BCUT2D eigenvalue weighted by Crippen LogP contribution is -1.95. The van der Waals surface area contributed by atoms with Gasteiger partial charge in [-0.1, -0.05) is 0 Å². The summed E-state index contributed by atoms with van der Waals surface area (Å²) in [5.74, 6) is 0. The van der Waals surface area contributed by atoms with Crippen molar-refractivity contribution in [1.29, 1.82) is 0 Å². The van der Waals surface area contributed by atoms with Gasteiger partial charge in [0.2, 0.25) is 0 Å². The second-order valence-electron chi connectivity index (χ2n) is 2.03. The third-order valence-corrected chi connectivity index (χ3v) is 1.28. The van der Waals surface area contributed by atoms with Gasteiger partial charge >= 0.3 is 12.8 Å². The van der Waals surface area contributed by atoms with Crippen LogP contribution in [-0.4, -0.2) is 12.8 Å². The predicted molar refractivity (Wildman–Crippen MR) is 45.1 cm³/mol. The molecule has 1 rings (SSSR count). The van der Waals surface area contributed by atoms with E-state index in [0.717, 1.165) is 0 Å². The van der Waals surface area contributed by atoms with Crippen molar-refractivity contribution >= 4 is 24.2 Å². The molecule has 4 heteroatoms. The van der Waals surface area contributed by atoms with E-state index in [1.165, 1.54) is 12.8 Å². The minimum Gasteiger partial charge on any atom is -0.318 e. The highest BCUT2D eigenvalue weighted by Gasteiger charge is 1.91. The number of rotatable bonds is 4. The summed E-state index contributed by atoms with van der Waals surface area (Å²) < 4.78 is 0. The van der Waals surface area contributed by atoms with Crippen LogP contribution in [-0.2, 0) is 9.59 Å². The molecule has 0 fully saturated rings. The van der Waals surface area contributed by atoms with Crippen molar-refractivity contribution in [2.24, 2.45) is 0 Å². The fourth-order valence-corrected chi connectivity index (χ4v) is 0.755. The van der Waals surface area contributed by atoms with E-state index in [2.05, 4.69) is 10.6 Å². The van der Waals surface area contributed by atoms with E-state index in [9.17, 15) is 9.59 Å². The Labute approximate surface area is 69.6 Å². The molecule has 2 amide bonds. The van der Waals surface area contributed by atoms with Gasteiger partial charge in [0.15, 0.2) is 0 Å². The highest BCUT2D eigenvalue weighted by molar-refractivity contribution is 5.76. The van der Waals surface area contributed by atoms with E-state index >= 15 is 0 Å². The Morgan fingerprint density at radius 3 is 1.42 bits per heavy atom. The Kier molecular flexibility index (Phi) is 2.84. The number of amides is 2. The Balaban J connectivity index is 2.70. The molecule has 1 aromatic rings. The SMILES string of the molecule is O=[C]Nc1ccc(N[C]=O)cc1. The van der Waals surface area contributed by atoms with Crippen molar-refractivity contribution in [1.82, 2.24) is 0 Å². The lowest BCUT2D eigenvalue weighted by Gasteiger charge is -1.99. The van der Waals surface area contributed by atoms with Crippen molar-refractivity contribution in [3.8, 4) is 0 Å². The molecule has 12 heavy (non-hydrogen) atoms. The van der Waals surface area contributed by atoms with Crippen LogP contribution in [0.5, 0.6) is 0 Å². The van der Waals surface area contributed by atoms with Gasteiger partial charge in [-0.05, 0) is 24.3 Å². The molecule has 2 N–H and O–H groups in total. The number of anilines is 2. The van der Waals surface area contributed by atoms with Crippen LogP contribution in [0.25, 0.3) is 0 Å². The van der Waals surface area contributed by atoms with Gasteiger partial charge in [0, 0.05) is 11.4 Å². The highest BCUT2D eigenvalue weighted by Crippen LogP contribution is 2.11. The summed E-state index contributed by atoms with van der Waals surface area (Å²) in [4.78, 5) is 19.7. The van der Waals surface area contributed by atoms with Crippen LogP contribution in [0, 0.1) is 0 Å². The monoisotopic (exact) mass is 162 g/mol. The summed E-state index contributed by atoms with van der Waals surface area (Å²) in [6.07, 6.45) is 3.08. The molecule has 2 radical (unpaired) electrons. The first-order valence-electron chi connectivity index (χ1n) is 3.23. The molecule has 0 aromatic heterocycles. The molecule has 0 saturated heterocycles. The van der Waals surface area contributed by atoms with Crippen LogP contribution in [0.1, 0.15) is 0 Å². The zero-order valence-corrected chi connectivity index (χ0v) is 6.13. The molecule has 4 nitrogen and oxygen atoms in total. The van der Waals surface area contributed by atoms with Gasteiger partial charge in [-0.25, -0.2) is 0 Å². The van der Waals surface area contributed by atoms with Crippen molar-refractivity contribution < 1.29 is 9.59 Å². The molecule has 0 aliphatic heterocycles. The van der Waals surface area contributed by atoms with Gasteiger partial charge in [-0.3, -0.25) is 9.59 Å². The molecular formula is C8H6N2O2. The number of benzene rings is 1. The van der Waals surface area contributed by atoms with Gasteiger partial charge in [-0.15, -0.1) is 0 Å². The smallest absolute Gasteiger partial charge is 0.314 e. The molecule has 0 saturated carbocycles. The van der Waals surface area contributed by atoms with Crippen LogP contribution < -0.4 is 10.6 Å². The minimum atomic E-state index is 0.626. The van der Waals surface area contributed by atoms with E-state index in [-0.39, 0.29) is 0 Å². The van der Waals surface area contributed by atoms with Crippen LogP contribution in [0.2, 0.25) is 0 Å². The van der Waals surface area contributed by atoms with Gasteiger partial charge in [0.25, 0.3) is 0 Å². The molecule has 0 heterocycles. The minimum absolute atomic E-state index is 0.626. The maximum atomic E-state index is 9.87. The maximum absolute atomic E-state index is 9.87. The van der Waals surface area contributed by atoms with E-state index < -0.39 is 0 Å². The number of hydrogen-bond donors (Lipinski definition) is 2. The van der Waals surface area contributed by atoms with E-state index in [4.69, 9.17) is 0 Å². The molecular weight excluding hydrogens is 156 g/mol. The zero-order chi connectivity index (χ0) is 8.81. The third kappa shape index (κ3) is 2.09. The Morgan fingerprint density at radius 1 is 0.833 bits per heavy atom. The van der Waals surface area contributed by atoms with Gasteiger partial charge < -0.3 is 10.6 Å². The quantitative estimate of drug-likeness (QED) is 0.638. The largest absolute Gasteiger partial charge is 0.318 e. The molecule has 0 unspecified atom stereocenters.